The number of methoxy groups -OCH3 is 1. The van der Waals surface area contributed by atoms with Crippen molar-refractivity contribution in [3.05, 3.63) is 48.2 Å². The molecule has 9 nitrogen and oxygen atoms in total. The van der Waals surface area contributed by atoms with Crippen molar-refractivity contribution in [3.8, 4) is 17.6 Å². The fourth-order valence-corrected chi connectivity index (χ4v) is 7.70. The molecule has 4 N–H and O–H groups in total. The molecule has 2 aromatic carbocycles. The number of halogens is 3. The Labute approximate surface area is 267 Å². The number of sulfonamides is 1. The quantitative estimate of drug-likeness (QED) is 0.287. The standard InChI is InChI=1S/C33H40F3N5O4S/c1-44-31-18-26(46(37,42)43)12-13-29(31)38-15-3-5-25-17-27-28(6-2-7-30(27)41(25)21-33(34,35)36)39-23-8-10-24(11-9-23)40-19-32(20-40)14-4-16-45-22-32/h2,6-7,12-13,17-18,23-24,38-39H,4,8-11,14-16,19-22H2,1H3,(H2,37,42,43)/t23-,24-. The summed E-state index contributed by atoms with van der Waals surface area (Å²) in [6.45, 7) is 2.94. The van der Waals surface area contributed by atoms with Crippen LogP contribution in [0.4, 0.5) is 24.5 Å². The van der Waals surface area contributed by atoms with Gasteiger partial charge in [-0.1, -0.05) is 12.0 Å². The van der Waals surface area contributed by atoms with Gasteiger partial charge in [-0.2, -0.15) is 13.2 Å². The van der Waals surface area contributed by atoms with E-state index in [9.17, 15) is 21.6 Å². The first-order valence-corrected chi connectivity index (χ1v) is 17.2. The molecular formula is C33H40F3N5O4S. The number of benzene rings is 2. The lowest BCUT2D eigenvalue weighted by Crippen LogP contribution is -2.63. The van der Waals surface area contributed by atoms with E-state index in [0.29, 0.717) is 28.0 Å². The van der Waals surface area contributed by atoms with Crippen LogP contribution in [0.15, 0.2) is 47.4 Å². The zero-order chi connectivity index (χ0) is 32.5. The number of hydrogen-bond acceptors (Lipinski definition) is 7. The maximum absolute atomic E-state index is 13.7. The predicted octanol–water partition coefficient (Wildman–Crippen LogP) is 5.16. The molecule has 3 aromatic rings. The van der Waals surface area contributed by atoms with Crippen molar-refractivity contribution in [1.29, 1.82) is 0 Å². The number of rotatable bonds is 8. The Kier molecular flexibility index (Phi) is 9.17. The molecule has 248 valence electrons. The number of likely N-dealkylation sites (tertiary alicyclic amines) is 1. The molecule has 2 aliphatic heterocycles. The normalized spacial score (nSPS) is 21.8. The average Bonchev–Trinajstić information content (AvgIpc) is 3.35. The largest absolute Gasteiger partial charge is 0.495 e. The van der Waals surface area contributed by atoms with E-state index in [2.05, 4.69) is 27.4 Å². The summed E-state index contributed by atoms with van der Waals surface area (Å²) < 4.78 is 76.6. The zero-order valence-electron chi connectivity index (χ0n) is 25.8. The monoisotopic (exact) mass is 659 g/mol. The fourth-order valence-electron chi connectivity index (χ4n) is 7.17. The van der Waals surface area contributed by atoms with Crippen LogP contribution in [0, 0.1) is 17.3 Å². The number of primary sulfonamides is 1. The van der Waals surface area contributed by atoms with Gasteiger partial charge in [0.25, 0.3) is 0 Å². The van der Waals surface area contributed by atoms with Gasteiger partial charge in [-0.05, 0) is 74.8 Å². The Balaban J connectivity index is 1.14. The molecule has 0 radical (unpaired) electrons. The van der Waals surface area contributed by atoms with E-state index < -0.39 is 22.7 Å². The molecule has 13 heteroatoms. The fraction of sp³-hybridized carbons (Fsp3) is 0.515. The highest BCUT2D eigenvalue weighted by Gasteiger charge is 2.46. The van der Waals surface area contributed by atoms with Crippen molar-refractivity contribution in [1.82, 2.24) is 9.47 Å². The Morgan fingerprint density at radius 1 is 1.11 bits per heavy atom. The summed E-state index contributed by atoms with van der Waals surface area (Å²) in [4.78, 5) is 2.51. The van der Waals surface area contributed by atoms with Gasteiger partial charge in [0.1, 0.15) is 12.3 Å². The minimum absolute atomic E-state index is 0.0815. The molecule has 0 unspecified atom stereocenters. The topological polar surface area (TPSA) is 111 Å². The second-order valence-corrected chi connectivity index (χ2v) is 14.3. The van der Waals surface area contributed by atoms with E-state index in [0.717, 1.165) is 64.1 Å². The van der Waals surface area contributed by atoms with Crippen LogP contribution in [0.25, 0.3) is 10.9 Å². The van der Waals surface area contributed by atoms with Gasteiger partial charge in [-0.15, -0.1) is 0 Å². The molecule has 3 heterocycles. The molecular weight excluding hydrogens is 619 g/mol. The van der Waals surface area contributed by atoms with Crippen LogP contribution in [-0.4, -0.2) is 76.1 Å². The number of alkyl halides is 3. The van der Waals surface area contributed by atoms with Crippen LogP contribution in [0.2, 0.25) is 0 Å². The molecule has 1 aliphatic carbocycles. The molecule has 1 spiro atoms. The number of hydrogen-bond donors (Lipinski definition) is 3. The van der Waals surface area contributed by atoms with E-state index >= 15 is 0 Å². The van der Waals surface area contributed by atoms with Gasteiger partial charge in [0.15, 0.2) is 0 Å². The van der Waals surface area contributed by atoms with E-state index in [1.807, 2.05) is 6.07 Å². The smallest absolute Gasteiger partial charge is 0.406 e. The lowest BCUT2D eigenvalue weighted by atomic mass is 9.73. The Hall–Kier alpha value is -3.44. The summed E-state index contributed by atoms with van der Waals surface area (Å²) in [5.41, 5.74) is 2.36. The zero-order valence-corrected chi connectivity index (χ0v) is 26.6. The van der Waals surface area contributed by atoms with E-state index in [1.165, 1.54) is 36.3 Å². The number of fused-ring (bicyclic) bond motifs is 1. The SMILES string of the molecule is COc1cc(S(N)(=O)=O)ccc1NCC#Cc1cc2c(N[C@H]3CC[C@H](N4CC5(CCCOC5)C4)CC3)cccc2n1CC(F)(F)F. The van der Waals surface area contributed by atoms with Crippen LogP contribution in [0.3, 0.4) is 0 Å². The third-order valence-corrected chi connectivity index (χ3v) is 10.3. The highest BCUT2D eigenvalue weighted by Crippen LogP contribution is 2.42. The second-order valence-electron chi connectivity index (χ2n) is 12.7. The summed E-state index contributed by atoms with van der Waals surface area (Å²) in [6, 6.07) is 12.1. The first-order chi connectivity index (χ1) is 21.9. The van der Waals surface area contributed by atoms with Crippen molar-refractivity contribution >= 4 is 32.3 Å². The van der Waals surface area contributed by atoms with Gasteiger partial charge in [0.05, 0.1) is 42.1 Å². The van der Waals surface area contributed by atoms with Crippen molar-refractivity contribution in [2.45, 2.75) is 68.2 Å². The van der Waals surface area contributed by atoms with Crippen LogP contribution < -0.4 is 20.5 Å². The van der Waals surface area contributed by atoms with E-state index in [-0.39, 0.29) is 28.9 Å². The van der Waals surface area contributed by atoms with Crippen LogP contribution >= 0.6 is 0 Å². The lowest BCUT2D eigenvalue weighted by molar-refractivity contribution is -0.140. The van der Waals surface area contributed by atoms with Crippen molar-refractivity contribution in [3.63, 3.8) is 0 Å². The van der Waals surface area contributed by atoms with E-state index in [1.54, 1.807) is 18.2 Å². The first-order valence-electron chi connectivity index (χ1n) is 15.6. The third kappa shape index (κ3) is 7.25. The molecule has 0 atom stereocenters. The summed E-state index contributed by atoms with van der Waals surface area (Å²) >= 11 is 0. The van der Waals surface area contributed by atoms with Crippen LogP contribution in [-0.2, 0) is 21.3 Å². The molecule has 0 bridgehead atoms. The van der Waals surface area contributed by atoms with Gasteiger partial charge < -0.3 is 24.7 Å². The molecule has 3 aliphatic rings. The number of nitrogens with zero attached hydrogens (tertiary/aromatic N) is 2. The van der Waals surface area contributed by atoms with Crippen molar-refractivity contribution in [2.75, 3.05) is 50.6 Å². The number of nitrogens with two attached hydrogens (primary N) is 1. The molecule has 1 saturated carbocycles. The highest BCUT2D eigenvalue weighted by molar-refractivity contribution is 7.89. The van der Waals surface area contributed by atoms with Gasteiger partial charge in [-0.25, -0.2) is 13.6 Å². The summed E-state index contributed by atoms with van der Waals surface area (Å²) in [5, 5.41) is 12.6. The molecule has 2 saturated heterocycles. The van der Waals surface area contributed by atoms with Crippen molar-refractivity contribution < 1.29 is 31.1 Å². The minimum atomic E-state index is -4.43. The van der Waals surface area contributed by atoms with Gasteiger partial charge >= 0.3 is 6.18 Å². The van der Waals surface area contributed by atoms with Gasteiger partial charge in [0.2, 0.25) is 10.0 Å². The molecule has 3 fully saturated rings. The van der Waals surface area contributed by atoms with Gasteiger partial charge in [-0.3, -0.25) is 4.90 Å². The predicted molar refractivity (Wildman–Crippen MR) is 171 cm³/mol. The third-order valence-electron chi connectivity index (χ3n) is 9.42. The molecule has 46 heavy (non-hydrogen) atoms. The molecule has 0 amide bonds. The number of anilines is 2. The van der Waals surface area contributed by atoms with Crippen LogP contribution in [0.1, 0.15) is 44.2 Å². The summed E-state index contributed by atoms with van der Waals surface area (Å²) in [7, 11) is -2.52. The average molecular weight is 660 g/mol. The maximum Gasteiger partial charge on any atom is 0.406 e. The van der Waals surface area contributed by atoms with Crippen LogP contribution in [0.5, 0.6) is 5.75 Å². The van der Waals surface area contributed by atoms with E-state index in [4.69, 9.17) is 14.6 Å². The molecule has 6 rings (SSSR count). The van der Waals surface area contributed by atoms with Crippen molar-refractivity contribution in [2.24, 2.45) is 10.6 Å². The lowest BCUT2D eigenvalue weighted by Gasteiger charge is -2.55. The number of ether oxygens (including phenoxy) is 2. The Morgan fingerprint density at radius 2 is 1.89 bits per heavy atom. The first kappa shape index (κ1) is 32.5. The second kappa shape index (κ2) is 13.0. The molecule has 1 aromatic heterocycles. The Bertz CT molecular complexity index is 1730. The van der Waals surface area contributed by atoms with Gasteiger partial charge in [0, 0.05) is 54.3 Å². The summed E-state index contributed by atoms with van der Waals surface area (Å²) in [5.74, 6) is 6.06. The summed E-state index contributed by atoms with van der Waals surface area (Å²) in [6.07, 6.45) is 2.18. The highest BCUT2D eigenvalue weighted by atomic mass is 32.2. The maximum atomic E-state index is 13.7. The Morgan fingerprint density at radius 3 is 2.57 bits per heavy atom. The minimum Gasteiger partial charge on any atom is -0.495 e. The number of aromatic nitrogens is 1. The number of nitrogens with one attached hydrogen (secondary N) is 2.